The normalized spacial score (nSPS) is 20.2. The Labute approximate surface area is 114 Å². The topological polar surface area (TPSA) is 77.1 Å². The molecule has 106 valence electrons. The van der Waals surface area contributed by atoms with Gasteiger partial charge in [0, 0.05) is 31.5 Å². The monoisotopic (exact) mass is 283 g/mol. The number of nitrogens with one attached hydrogen (secondary N) is 1. The van der Waals surface area contributed by atoms with Crippen LogP contribution in [0.1, 0.15) is 31.4 Å². The molecule has 0 aliphatic heterocycles. The van der Waals surface area contributed by atoms with Gasteiger partial charge in [0.05, 0.1) is 4.90 Å². The highest BCUT2D eigenvalue weighted by molar-refractivity contribution is 7.89. The summed E-state index contributed by atoms with van der Waals surface area (Å²) in [6.07, 6.45) is 6.28. The van der Waals surface area contributed by atoms with Crippen LogP contribution in [0.3, 0.4) is 0 Å². The number of nitrogens with zero attached hydrogens (tertiary/aromatic N) is 1. The molecule has 19 heavy (non-hydrogen) atoms. The van der Waals surface area contributed by atoms with Gasteiger partial charge in [0.25, 0.3) is 0 Å². The summed E-state index contributed by atoms with van der Waals surface area (Å²) in [6, 6.07) is 1.81. The maximum absolute atomic E-state index is 12.4. The van der Waals surface area contributed by atoms with Crippen LogP contribution in [0.4, 0.5) is 0 Å². The van der Waals surface area contributed by atoms with Crippen LogP contribution < -0.4 is 10.5 Å². The van der Waals surface area contributed by atoms with E-state index in [4.69, 9.17) is 5.73 Å². The molecule has 1 aromatic rings. The molecule has 0 bridgehead atoms. The molecule has 0 atom stereocenters. The lowest BCUT2D eigenvalue weighted by molar-refractivity contribution is 0.471. The second-order valence-electron chi connectivity index (χ2n) is 5.80. The van der Waals surface area contributed by atoms with E-state index in [0.29, 0.717) is 23.3 Å². The fourth-order valence-electron chi connectivity index (χ4n) is 2.66. The lowest BCUT2D eigenvalue weighted by atomic mass is 10.1. The summed E-state index contributed by atoms with van der Waals surface area (Å²) in [5.41, 5.74) is 6.42. The van der Waals surface area contributed by atoms with Crippen molar-refractivity contribution >= 4 is 10.0 Å². The van der Waals surface area contributed by atoms with Gasteiger partial charge in [-0.25, -0.2) is 13.1 Å². The number of aromatic nitrogens is 1. The molecule has 1 heterocycles. The van der Waals surface area contributed by atoms with Crippen LogP contribution in [-0.4, -0.2) is 19.0 Å². The third kappa shape index (κ3) is 2.70. The zero-order chi connectivity index (χ0) is 13.6. The standard InChI is InChI=1S/C13H21N3O2S/c1-16-8-12(6-11(16)7-14)19(17,18)15-13(9-2-3-9)10-4-5-10/h6,8-10,13,15H,2-5,7,14H2,1H3. The number of aryl methyl sites for hydroxylation is 1. The summed E-state index contributed by atoms with van der Waals surface area (Å²) in [7, 11) is -1.59. The molecule has 2 aliphatic carbocycles. The molecule has 2 saturated carbocycles. The lowest BCUT2D eigenvalue weighted by Crippen LogP contribution is -2.37. The Morgan fingerprint density at radius 3 is 2.37 bits per heavy atom. The fourth-order valence-corrected chi connectivity index (χ4v) is 4.13. The first kappa shape index (κ1) is 13.1. The number of hydrogen-bond acceptors (Lipinski definition) is 3. The summed E-state index contributed by atoms with van der Waals surface area (Å²) in [5, 5.41) is 0. The second-order valence-corrected chi connectivity index (χ2v) is 7.52. The van der Waals surface area contributed by atoms with Gasteiger partial charge in [-0.15, -0.1) is 0 Å². The fraction of sp³-hybridized carbons (Fsp3) is 0.692. The molecule has 3 rings (SSSR count). The van der Waals surface area contributed by atoms with Crippen molar-refractivity contribution in [3.05, 3.63) is 18.0 Å². The maximum atomic E-state index is 12.4. The zero-order valence-electron chi connectivity index (χ0n) is 11.2. The van der Waals surface area contributed by atoms with Crippen LogP contribution >= 0.6 is 0 Å². The number of nitrogens with two attached hydrogens (primary N) is 1. The Morgan fingerprint density at radius 1 is 1.37 bits per heavy atom. The molecule has 5 nitrogen and oxygen atoms in total. The van der Waals surface area contributed by atoms with E-state index >= 15 is 0 Å². The second kappa shape index (κ2) is 4.61. The van der Waals surface area contributed by atoms with Gasteiger partial charge in [-0.2, -0.15) is 0 Å². The lowest BCUT2D eigenvalue weighted by Gasteiger charge is -2.17. The van der Waals surface area contributed by atoms with Crippen LogP contribution in [0.2, 0.25) is 0 Å². The van der Waals surface area contributed by atoms with Crippen LogP contribution in [0, 0.1) is 11.8 Å². The maximum Gasteiger partial charge on any atom is 0.242 e. The highest BCUT2D eigenvalue weighted by Crippen LogP contribution is 2.45. The summed E-state index contributed by atoms with van der Waals surface area (Å²) < 4.78 is 29.5. The van der Waals surface area contributed by atoms with Gasteiger partial charge in [-0.1, -0.05) is 0 Å². The predicted octanol–water partition coefficient (Wildman–Crippen LogP) is 0.951. The Balaban J connectivity index is 1.80. The van der Waals surface area contributed by atoms with Crippen molar-refractivity contribution in [2.75, 3.05) is 0 Å². The van der Waals surface area contributed by atoms with Gasteiger partial charge >= 0.3 is 0 Å². The van der Waals surface area contributed by atoms with Gasteiger partial charge in [0.15, 0.2) is 0 Å². The number of rotatable bonds is 6. The molecule has 1 aromatic heterocycles. The molecule has 3 N–H and O–H groups in total. The first-order valence-corrected chi connectivity index (χ1v) is 8.37. The average molecular weight is 283 g/mol. The summed E-state index contributed by atoms with van der Waals surface area (Å²) in [5.74, 6) is 1.11. The molecular weight excluding hydrogens is 262 g/mol. The van der Waals surface area contributed by atoms with Gasteiger partial charge in [0.1, 0.15) is 0 Å². The van der Waals surface area contributed by atoms with Crippen LogP contribution in [0.25, 0.3) is 0 Å². The highest BCUT2D eigenvalue weighted by atomic mass is 32.2. The van der Waals surface area contributed by atoms with Gasteiger partial charge in [-0.3, -0.25) is 0 Å². The van der Waals surface area contributed by atoms with Crippen LogP contribution in [0.15, 0.2) is 17.2 Å². The van der Waals surface area contributed by atoms with Crippen molar-refractivity contribution < 1.29 is 8.42 Å². The molecule has 2 aliphatic rings. The summed E-state index contributed by atoms with van der Waals surface area (Å²) in [4.78, 5) is 0.335. The van der Waals surface area contributed by atoms with E-state index in [9.17, 15) is 8.42 Å². The smallest absolute Gasteiger partial charge is 0.242 e. The molecule has 0 aromatic carbocycles. The van der Waals surface area contributed by atoms with E-state index in [2.05, 4.69) is 4.72 Å². The van der Waals surface area contributed by atoms with E-state index in [0.717, 1.165) is 31.4 Å². The van der Waals surface area contributed by atoms with E-state index in [1.807, 2.05) is 7.05 Å². The SMILES string of the molecule is Cn1cc(S(=O)(=O)NC(C2CC2)C2CC2)cc1CN. The average Bonchev–Trinajstić information content (AvgIpc) is 3.24. The van der Waals surface area contributed by atoms with Crippen molar-refractivity contribution in [2.45, 2.75) is 43.2 Å². The predicted molar refractivity (Wildman–Crippen MR) is 72.9 cm³/mol. The molecule has 2 fully saturated rings. The molecule has 0 saturated heterocycles. The van der Waals surface area contributed by atoms with Crippen LogP contribution in [-0.2, 0) is 23.6 Å². The quantitative estimate of drug-likeness (QED) is 0.816. The zero-order valence-corrected chi connectivity index (χ0v) is 12.0. The Hall–Kier alpha value is -0.850. The van der Waals surface area contributed by atoms with Gasteiger partial charge in [-0.05, 0) is 43.6 Å². The number of hydrogen-bond donors (Lipinski definition) is 2. The molecule has 0 spiro atoms. The van der Waals surface area contributed by atoms with Gasteiger partial charge in [0.2, 0.25) is 10.0 Å². The first-order valence-electron chi connectivity index (χ1n) is 6.89. The van der Waals surface area contributed by atoms with E-state index < -0.39 is 10.0 Å². The third-order valence-electron chi connectivity index (χ3n) is 4.15. The number of sulfonamides is 1. The minimum Gasteiger partial charge on any atom is -0.352 e. The van der Waals surface area contributed by atoms with Crippen molar-refractivity contribution in [1.82, 2.24) is 9.29 Å². The molecule has 0 radical (unpaired) electrons. The van der Waals surface area contributed by atoms with E-state index in [-0.39, 0.29) is 6.04 Å². The molecule has 0 amide bonds. The Kier molecular flexibility index (Phi) is 3.19. The summed E-state index contributed by atoms with van der Waals surface area (Å²) >= 11 is 0. The van der Waals surface area contributed by atoms with Crippen molar-refractivity contribution in [1.29, 1.82) is 0 Å². The van der Waals surface area contributed by atoms with Crippen molar-refractivity contribution in [3.8, 4) is 0 Å². The Bertz CT molecular complexity index is 559. The Morgan fingerprint density at radius 2 is 1.95 bits per heavy atom. The minimum absolute atomic E-state index is 0.145. The van der Waals surface area contributed by atoms with Crippen molar-refractivity contribution in [2.24, 2.45) is 24.6 Å². The van der Waals surface area contributed by atoms with E-state index in [1.165, 1.54) is 0 Å². The third-order valence-corrected chi connectivity index (χ3v) is 5.58. The van der Waals surface area contributed by atoms with Gasteiger partial charge < -0.3 is 10.3 Å². The molecule has 0 unspecified atom stereocenters. The summed E-state index contributed by atoms with van der Waals surface area (Å²) in [6.45, 7) is 0.348. The van der Waals surface area contributed by atoms with Crippen molar-refractivity contribution in [3.63, 3.8) is 0 Å². The first-order chi connectivity index (χ1) is 9.01. The van der Waals surface area contributed by atoms with Crippen LogP contribution in [0.5, 0.6) is 0 Å². The molecular formula is C13H21N3O2S. The van der Waals surface area contributed by atoms with E-state index in [1.54, 1.807) is 16.8 Å². The minimum atomic E-state index is -3.41. The highest BCUT2D eigenvalue weighted by Gasteiger charge is 2.43. The largest absolute Gasteiger partial charge is 0.352 e. The molecule has 6 heteroatoms.